The van der Waals surface area contributed by atoms with Crippen LogP contribution in [-0.4, -0.2) is 35.2 Å². The topological polar surface area (TPSA) is 98.7 Å². The Morgan fingerprint density at radius 2 is 1.53 bits per heavy atom. The summed E-state index contributed by atoms with van der Waals surface area (Å²) in [5.41, 5.74) is 7.01. The highest BCUT2D eigenvalue weighted by atomic mass is 35.5. The quantitative estimate of drug-likeness (QED) is 0.388. The van der Waals surface area contributed by atoms with Crippen LogP contribution in [0.2, 0.25) is 5.02 Å². The van der Waals surface area contributed by atoms with E-state index in [-0.39, 0.29) is 12.8 Å². The first kappa shape index (κ1) is 27.7. The minimum absolute atomic E-state index is 0.296. The lowest BCUT2D eigenvalue weighted by molar-refractivity contribution is -0.143. The summed E-state index contributed by atoms with van der Waals surface area (Å²) in [6.45, 7) is 9.77. The first-order valence-electron chi connectivity index (χ1n) is 11.8. The van der Waals surface area contributed by atoms with Gasteiger partial charge in [-0.3, -0.25) is 9.59 Å². The van der Waals surface area contributed by atoms with E-state index in [1.165, 1.54) is 28.7 Å². The summed E-state index contributed by atoms with van der Waals surface area (Å²) < 4.78 is 0. The van der Waals surface area contributed by atoms with Gasteiger partial charge in [0.25, 0.3) is 0 Å². The molecule has 186 valence electrons. The Labute approximate surface area is 207 Å². The van der Waals surface area contributed by atoms with E-state index in [0.29, 0.717) is 5.41 Å². The van der Waals surface area contributed by atoms with E-state index in [9.17, 15) is 9.59 Å². The van der Waals surface area contributed by atoms with Crippen molar-refractivity contribution >= 4 is 29.2 Å². The Hall–Kier alpha value is -2.57. The van der Waals surface area contributed by atoms with Crippen molar-refractivity contribution in [2.24, 2.45) is 5.41 Å². The number of nitrogens with one attached hydrogen (secondary N) is 2. The zero-order chi connectivity index (χ0) is 25.1. The van der Waals surface area contributed by atoms with E-state index in [1.54, 1.807) is 0 Å². The van der Waals surface area contributed by atoms with Gasteiger partial charge in [0, 0.05) is 6.54 Å². The van der Waals surface area contributed by atoms with E-state index in [2.05, 4.69) is 61.7 Å². The number of hydrogen-bond acceptors (Lipinski definition) is 4. The third-order valence-corrected chi connectivity index (χ3v) is 6.01. The second kappa shape index (κ2) is 13.4. The Balaban J connectivity index is 0.000000440. The molecule has 0 aliphatic carbocycles. The standard InChI is InChI=1S/C23H31ClN2.C4H6O4/c1-23(2,3)13-10-17-4-6-18(7-5-17)16-26-22-20-12-15-25-14-11-19(20)8-9-21(22)24;5-3(6)1-2-4(7)8/h4-9,25-26H,10-16H2,1-3H3;1-2H2,(H,5,6)(H,7,8). The molecule has 0 fully saturated rings. The number of hydrogen-bond donors (Lipinski definition) is 4. The number of anilines is 1. The zero-order valence-corrected chi connectivity index (χ0v) is 21.2. The van der Waals surface area contributed by atoms with Crippen LogP contribution in [0, 0.1) is 5.41 Å². The van der Waals surface area contributed by atoms with Crippen LogP contribution in [0.25, 0.3) is 0 Å². The van der Waals surface area contributed by atoms with E-state index < -0.39 is 11.9 Å². The van der Waals surface area contributed by atoms with Crippen LogP contribution in [0.5, 0.6) is 0 Å². The molecule has 0 amide bonds. The van der Waals surface area contributed by atoms with Gasteiger partial charge in [0.05, 0.1) is 23.6 Å². The van der Waals surface area contributed by atoms with Crippen molar-refractivity contribution in [3.8, 4) is 0 Å². The average molecular weight is 489 g/mol. The second-order valence-electron chi connectivity index (χ2n) is 9.83. The summed E-state index contributed by atoms with van der Waals surface area (Å²) in [5.74, 6) is -2.15. The second-order valence-corrected chi connectivity index (χ2v) is 10.2. The van der Waals surface area contributed by atoms with Crippen molar-refractivity contribution in [1.82, 2.24) is 5.32 Å². The molecule has 1 heterocycles. The van der Waals surface area contributed by atoms with Crippen molar-refractivity contribution in [3.63, 3.8) is 0 Å². The van der Waals surface area contributed by atoms with E-state index in [0.717, 1.165) is 49.6 Å². The number of fused-ring (bicyclic) bond motifs is 1. The summed E-state index contributed by atoms with van der Waals surface area (Å²) >= 11 is 6.51. The normalized spacial score (nSPS) is 13.2. The van der Waals surface area contributed by atoms with Gasteiger partial charge in [0.2, 0.25) is 0 Å². The van der Waals surface area contributed by atoms with Crippen LogP contribution < -0.4 is 10.6 Å². The van der Waals surface area contributed by atoms with Gasteiger partial charge in [0.1, 0.15) is 0 Å². The fourth-order valence-electron chi connectivity index (χ4n) is 3.68. The maximum absolute atomic E-state index is 9.64. The summed E-state index contributed by atoms with van der Waals surface area (Å²) in [6, 6.07) is 13.2. The molecular weight excluding hydrogens is 452 g/mol. The first-order chi connectivity index (χ1) is 16.0. The third kappa shape index (κ3) is 10.1. The maximum Gasteiger partial charge on any atom is 0.303 e. The number of halogens is 1. The van der Waals surface area contributed by atoms with Crippen LogP contribution in [-0.2, 0) is 35.4 Å². The fourth-order valence-corrected chi connectivity index (χ4v) is 3.93. The average Bonchev–Trinajstić information content (AvgIpc) is 3.02. The fraction of sp³-hybridized carbons (Fsp3) is 0.481. The minimum Gasteiger partial charge on any atom is -0.481 e. The van der Waals surface area contributed by atoms with E-state index in [1.807, 2.05) is 6.07 Å². The number of carbonyl (C=O) groups is 2. The lowest BCUT2D eigenvalue weighted by Gasteiger charge is -2.18. The zero-order valence-electron chi connectivity index (χ0n) is 20.4. The van der Waals surface area contributed by atoms with E-state index in [4.69, 9.17) is 21.8 Å². The van der Waals surface area contributed by atoms with Crippen LogP contribution in [0.3, 0.4) is 0 Å². The SMILES string of the molecule is CC(C)(C)CCc1ccc(CNc2c(Cl)ccc3c2CCNCC3)cc1.O=C(O)CCC(=O)O. The van der Waals surface area contributed by atoms with Gasteiger partial charge >= 0.3 is 11.9 Å². The molecule has 7 heteroatoms. The Morgan fingerprint density at radius 1 is 0.941 bits per heavy atom. The molecule has 3 rings (SSSR count). The Morgan fingerprint density at radius 3 is 2.12 bits per heavy atom. The number of aliphatic carboxylic acids is 2. The minimum atomic E-state index is -1.08. The molecule has 0 radical (unpaired) electrons. The lowest BCUT2D eigenvalue weighted by Crippen LogP contribution is -2.16. The van der Waals surface area contributed by atoms with Crippen molar-refractivity contribution in [3.05, 3.63) is 63.7 Å². The molecule has 0 saturated carbocycles. The molecule has 1 aliphatic heterocycles. The monoisotopic (exact) mass is 488 g/mol. The molecule has 0 saturated heterocycles. The largest absolute Gasteiger partial charge is 0.481 e. The molecule has 0 spiro atoms. The number of benzene rings is 2. The van der Waals surface area contributed by atoms with Crippen LogP contribution >= 0.6 is 11.6 Å². The molecule has 0 atom stereocenters. The first-order valence-corrected chi connectivity index (χ1v) is 12.2. The number of aryl methyl sites for hydroxylation is 1. The predicted molar refractivity (Wildman–Crippen MR) is 138 cm³/mol. The number of rotatable bonds is 8. The summed E-state index contributed by atoms with van der Waals surface area (Å²) in [5, 5.41) is 23.7. The van der Waals surface area contributed by atoms with Crippen molar-refractivity contribution in [2.45, 2.75) is 65.8 Å². The summed E-state index contributed by atoms with van der Waals surface area (Å²) in [6.07, 6.45) is 3.87. The highest BCUT2D eigenvalue weighted by molar-refractivity contribution is 6.33. The van der Waals surface area contributed by atoms with Crippen molar-refractivity contribution in [1.29, 1.82) is 0 Å². The smallest absolute Gasteiger partial charge is 0.303 e. The predicted octanol–water partition coefficient (Wildman–Crippen LogP) is 5.55. The van der Waals surface area contributed by atoms with Gasteiger partial charge in [-0.05, 0) is 72.5 Å². The van der Waals surface area contributed by atoms with Crippen molar-refractivity contribution in [2.75, 3.05) is 18.4 Å². The molecule has 2 aromatic rings. The Kier molecular flexibility index (Phi) is 10.9. The molecule has 34 heavy (non-hydrogen) atoms. The molecule has 0 aromatic heterocycles. The highest BCUT2D eigenvalue weighted by Crippen LogP contribution is 2.31. The lowest BCUT2D eigenvalue weighted by atomic mass is 9.88. The van der Waals surface area contributed by atoms with E-state index >= 15 is 0 Å². The van der Waals surface area contributed by atoms with Crippen LogP contribution in [0.4, 0.5) is 5.69 Å². The van der Waals surface area contributed by atoms with Gasteiger partial charge in [-0.15, -0.1) is 0 Å². The number of carboxylic acids is 2. The molecule has 4 N–H and O–H groups in total. The molecule has 1 aliphatic rings. The Bertz CT molecular complexity index is 938. The summed E-state index contributed by atoms with van der Waals surface area (Å²) in [4.78, 5) is 19.3. The van der Waals surface area contributed by atoms with Gasteiger partial charge in [0.15, 0.2) is 0 Å². The van der Waals surface area contributed by atoms with Gasteiger partial charge in [-0.1, -0.05) is 62.7 Å². The third-order valence-electron chi connectivity index (χ3n) is 5.69. The molecule has 2 aromatic carbocycles. The van der Waals surface area contributed by atoms with Gasteiger partial charge in [-0.25, -0.2) is 0 Å². The summed E-state index contributed by atoms with van der Waals surface area (Å²) in [7, 11) is 0. The molecule has 6 nitrogen and oxygen atoms in total. The van der Waals surface area contributed by atoms with Crippen molar-refractivity contribution < 1.29 is 19.8 Å². The molecular formula is C27H37ClN2O4. The van der Waals surface area contributed by atoms with Gasteiger partial charge < -0.3 is 20.8 Å². The van der Waals surface area contributed by atoms with Gasteiger partial charge in [-0.2, -0.15) is 0 Å². The molecule has 0 unspecified atom stereocenters. The van der Waals surface area contributed by atoms with Crippen LogP contribution in [0.15, 0.2) is 36.4 Å². The maximum atomic E-state index is 9.64. The van der Waals surface area contributed by atoms with Crippen LogP contribution in [0.1, 0.15) is 62.3 Å². The molecule has 0 bridgehead atoms. The highest BCUT2D eigenvalue weighted by Gasteiger charge is 2.15. The number of carboxylic acid groups (broad SMARTS) is 2.